The minimum Gasteiger partial charge on any atom is -0.489 e. The first-order valence-corrected chi connectivity index (χ1v) is 7.75. The number of hydrogen-bond donors (Lipinski definition) is 2. The number of hydrogen-bond acceptors (Lipinski definition) is 2. The molecule has 0 saturated carbocycles. The fraction of sp³-hybridized carbons (Fsp3) is 0.211. The number of anilines is 1. The van der Waals surface area contributed by atoms with Gasteiger partial charge in [0.25, 0.3) is 0 Å². The standard InChI is InChI=1S/C19H20N2O2/c1-3-19(22)21-18-11-20-17-9-8-15(10-16(17)18)23-12-14-6-4-13(2)5-7-14/h4-11,20H,3,12H2,1-2H3,(H,21,22). The van der Waals surface area contributed by atoms with Gasteiger partial charge in [-0.2, -0.15) is 0 Å². The topological polar surface area (TPSA) is 54.1 Å². The number of fused-ring (bicyclic) bond motifs is 1. The number of nitrogens with one attached hydrogen (secondary N) is 2. The summed E-state index contributed by atoms with van der Waals surface area (Å²) in [5.74, 6) is 0.779. The average Bonchev–Trinajstić information content (AvgIpc) is 2.96. The minimum atomic E-state index is -0.00289. The SMILES string of the molecule is CCC(=O)Nc1c[nH]c2ccc(OCc3ccc(C)cc3)cc12. The lowest BCUT2D eigenvalue weighted by Crippen LogP contribution is -2.08. The lowest BCUT2D eigenvalue weighted by atomic mass is 10.2. The molecule has 1 heterocycles. The maximum Gasteiger partial charge on any atom is 0.224 e. The first-order chi connectivity index (χ1) is 11.2. The van der Waals surface area contributed by atoms with Crippen LogP contribution in [0.5, 0.6) is 5.75 Å². The van der Waals surface area contributed by atoms with E-state index in [0.717, 1.165) is 27.9 Å². The molecule has 2 aromatic carbocycles. The van der Waals surface area contributed by atoms with Crippen LogP contribution in [0.15, 0.2) is 48.7 Å². The number of aromatic nitrogens is 1. The molecule has 0 radical (unpaired) electrons. The van der Waals surface area contributed by atoms with E-state index < -0.39 is 0 Å². The summed E-state index contributed by atoms with van der Waals surface area (Å²) < 4.78 is 5.87. The van der Waals surface area contributed by atoms with Crippen molar-refractivity contribution in [1.29, 1.82) is 0 Å². The highest BCUT2D eigenvalue weighted by atomic mass is 16.5. The molecule has 2 N–H and O–H groups in total. The monoisotopic (exact) mass is 308 g/mol. The summed E-state index contributed by atoms with van der Waals surface area (Å²) >= 11 is 0. The van der Waals surface area contributed by atoms with E-state index in [1.54, 1.807) is 0 Å². The van der Waals surface area contributed by atoms with Gasteiger partial charge in [0.2, 0.25) is 5.91 Å². The number of aromatic amines is 1. The normalized spacial score (nSPS) is 10.7. The molecule has 3 aromatic rings. The Hall–Kier alpha value is -2.75. The number of ether oxygens (including phenoxy) is 1. The Bertz CT molecular complexity index is 819. The van der Waals surface area contributed by atoms with Crippen molar-refractivity contribution in [3.05, 3.63) is 59.8 Å². The first-order valence-electron chi connectivity index (χ1n) is 7.75. The lowest BCUT2D eigenvalue weighted by molar-refractivity contribution is -0.115. The molecule has 1 aromatic heterocycles. The summed E-state index contributed by atoms with van der Waals surface area (Å²) in [6, 6.07) is 14.1. The zero-order chi connectivity index (χ0) is 16.2. The molecule has 0 aliphatic heterocycles. The molecule has 0 saturated heterocycles. The molecule has 0 spiro atoms. The van der Waals surface area contributed by atoms with Gasteiger partial charge in [0.1, 0.15) is 12.4 Å². The zero-order valence-corrected chi connectivity index (χ0v) is 13.3. The van der Waals surface area contributed by atoms with E-state index in [9.17, 15) is 4.79 Å². The van der Waals surface area contributed by atoms with Gasteiger partial charge in [0.05, 0.1) is 5.69 Å². The Balaban J connectivity index is 1.77. The predicted molar refractivity (Wildman–Crippen MR) is 92.7 cm³/mol. The van der Waals surface area contributed by atoms with Gasteiger partial charge in [-0.3, -0.25) is 4.79 Å². The Morgan fingerprint density at radius 1 is 1.17 bits per heavy atom. The smallest absolute Gasteiger partial charge is 0.224 e. The molecule has 0 fully saturated rings. The molecule has 0 aliphatic carbocycles. The highest BCUT2D eigenvalue weighted by Gasteiger charge is 2.07. The van der Waals surface area contributed by atoms with Crippen LogP contribution < -0.4 is 10.1 Å². The Morgan fingerprint density at radius 3 is 2.70 bits per heavy atom. The number of H-pyrrole nitrogens is 1. The first kappa shape index (κ1) is 15.2. The van der Waals surface area contributed by atoms with Crippen LogP contribution in [0, 0.1) is 6.92 Å². The summed E-state index contributed by atoms with van der Waals surface area (Å²) in [5.41, 5.74) is 4.12. The maximum atomic E-state index is 11.6. The fourth-order valence-electron chi connectivity index (χ4n) is 2.38. The fourth-order valence-corrected chi connectivity index (χ4v) is 2.38. The van der Waals surface area contributed by atoms with Crippen LogP contribution in [0.4, 0.5) is 5.69 Å². The highest BCUT2D eigenvalue weighted by Crippen LogP contribution is 2.27. The van der Waals surface area contributed by atoms with E-state index >= 15 is 0 Å². The second-order valence-corrected chi connectivity index (χ2v) is 5.59. The van der Waals surface area contributed by atoms with Crippen LogP contribution in [-0.4, -0.2) is 10.9 Å². The minimum absolute atomic E-state index is 0.00289. The van der Waals surface area contributed by atoms with E-state index in [0.29, 0.717) is 13.0 Å². The van der Waals surface area contributed by atoms with Crippen molar-refractivity contribution in [2.75, 3.05) is 5.32 Å². The summed E-state index contributed by atoms with van der Waals surface area (Å²) in [7, 11) is 0. The van der Waals surface area contributed by atoms with Gasteiger partial charge in [-0.1, -0.05) is 36.8 Å². The number of amides is 1. The van der Waals surface area contributed by atoms with E-state index in [1.165, 1.54) is 5.56 Å². The second kappa shape index (κ2) is 6.57. The van der Waals surface area contributed by atoms with Gasteiger partial charge < -0.3 is 15.0 Å². The van der Waals surface area contributed by atoms with E-state index in [-0.39, 0.29) is 5.91 Å². The predicted octanol–water partition coefficient (Wildman–Crippen LogP) is 4.40. The van der Waals surface area contributed by atoms with Crippen LogP contribution in [0.1, 0.15) is 24.5 Å². The summed E-state index contributed by atoms with van der Waals surface area (Å²) in [5, 5.41) is 3.85. The second-order valence-electron chi connectivity index (χ2n) is 5.59. The van der Waals surface area contributed by atoms with Gasteiger partial charge in [0, 0.05) is 23.5 Å². The van der Waals surface area contributed by atoms with Crippen LogP contribution in [-0.2, 0) is 11.4 Å². The molecule has 3 rings (SSSR count). The average molecular weight is 308 g/mol. The van der Waals surface area contributed by atoms with Crippen LogP contribution in [0.2, 0.25) is 0 Å². The number of benzene rings is 2. The molecule has 118 valence electrons. The molecule has 4 heteroatoms. The van der Waals surface area contributed by atoms with Crippen LogP contribution >= 0.6 is 0 Å². The van der Waals surface area contributed by atoms with Gasteiger partial charge in [-0.05, 0) is 30.7 Å². The van der Waals surface area contributed by atoms with E-state index in [2.05, 4.69) is 41.5 Å². The Kier molecular flexibility index (Phi) is 4.33. The van der Waals surface area contributed by atoms with Gasteiger partial charge in [0.15, 0.2) is 0 Å². The molecule has 0 aliphatic rings. The van der Waals surface area contributed by atoms with E-state index in [4.69, 9.17) is 4.74 Å². The van der Waals surface area contributed by atoms with Crippen molar-refractivity contribution in [2.45, 2.75) is 26.9 Å². The molecule has 4 nitrogen and oxygen atoms in total. The third-order valence-corrected chi connectivity index (χ3v) is 3.77. The molecule has 0 atom stereocenters. The Labute approximate surface area is 135 Å². The van der Waals surface area contributed by atoms with E-state index in [1.807, 2.05) is 31.3 Å². The van der Waals surface area contributed by atoms with Crippen molar-refractivity contribution in [3.63, 3.8) is 0 Å². The largest absolute Gasteiger partial charge is 0.489 e. The third-order valence-electron chi connectivity index (χ3n) is 3.77. The van der Waals surface area contributed by atoms with Crippen molar-refractivity contribution >= 4 is 22.5 Å². The Morgan fingerprint density at radius 2 is 1.96 bits per heavy atom. The number of rotatable bonds is 5. The third kappa shape index (κ3) is 3.54. The molecule has 0 unspecified atom stereocenters. The van der Waals surface area contributed by atoms with Crippen molar-refractivity contribution < 1.29 is 9.53 Å². The van der Waals surface area contributed by atoms with Crippen LogP contribution in [0.25, 0.3) is 10.9 Å². The van der Waals surface area contributed by atoms with Crippen molar-refractivity contribution in [2.24, 2.45) is 0 Å². The summed E-state index contributed by atoms with van der Waals surface area (Å²) in [4.78, 5) is 14.7. The van der Waals surface area contributed by atoms with Gasteiger partial charge in [-0.15, -0.1) is 0 Å². The number of aryl methyl sites for hydroxylation is 1. The molecule has 23 heavy (non-hydrogen) atoms. The molecular formula is C19H20N2O2. The van der Waals surface area contributed by atoms with Gasteiger partial charge >= 0.3 is 0 Å². The van der Waals surface area contributed by atoms with Crippen LogP contribution in [0.3, 0.4) is 0 Å². The summed E-state index contributed by atoms with van der Waals surface area (Å²) in [6.07, 6.45) is 2.26. The molecule has 1 amide bonds. The van der Waals surface area contributed by atoms with Gasteiger partial charge in [-0.25, -0.2) is 0 Å². The molecular weight excluding hydrogens is 288 g/mol. The summed E-state index contributed by atoms with van der Waals surface area (Å²) in [6.45, 7) is 4.42. The van der Waals surface area contributed by atoms with Crippen molar-refractivity contribution in [1.82, 2.24) is 4.98 Å². The number of carbonyl (C=O) groups is 1. The number of carbonyl (C=O) groups excluding carboxylic acids is 1. The zero-order valence-electron chi connectivity index (χ0n) is 13.3. The molecule has 0 bridgehead atoms. The van der Waals surface area contributed by atoms with Crippen molar-refractivity contribution in [3.8, 4) is 5.75 Å². The highest BCUT2D eigenvalue weighted by molar-refractivity contribution is 6.01. The quantitative estimate of drug-likeness (QED) is 0.734. The maximum absolute atomic E-state index is 11.6. The lowest BCUT2D eigenvalue weighted by Gasteiger charge is -2.08.